The molecule has 1 heterocycles. The van der Waals surface area contributed by atoms with Crippen molar-refractivity contribution in [1.82, 2.24) is 4.98 Å². The molecule has 1 aromatic carbocycles. The van der Waals surface area contributed by atoms with Crippen LogP contribution in [0.1, 0.15) is 5.56 Å². The average molecular weight is 388 g/mol. The van der Waals surface area contributed by atoms with Crippen molar-refractivity contribution in [2.24, 2.45) is 16.5 Å². The largest absolute Gasteiger partial charge is 0.439 e. The zero-order chi connectivity index (χ0) is 13.7. The van der Waals surface area contributed by atoms with Gasteiger partial charge in [0.1, 0.15) is 11.6 Å². The molecule has 0 bridgehead atoms. The molecule has 20 heavy (non-hydrogen) atoms. The number of nitrogens with zero attached hydrogens (tertiary/aromatic N) is 2. The normalized spacial score (nSPS) is 9.45. The summed E-state index contributed by atoms with van der Waals surface area (Å²) in [4.78, 5) is 7.95. The molecule has 0 aliphatic carbocycles. The maximum atomic E-state index is 12.8. The number of aromatic nitrogens is 1. The minimum atomic E-state index is -0.318. The van der Waals surface area contributed by atoms with Gasteiger partial charge in [-0.25, -0.2) is 14.4 Å². The zero-order valence-corrected chi connectivity index (χ0v) is 12.8. The number of rotatable bonds is 4. The van der Waals surface area contributed by atoms with Crippen LogP contribution in [0.3, 0.4) is 0 Å². The van der Waals surface area contributed by atoms with E-state index in [0.29, 0.717) is 18.2 Å². The van der Waals surface area contributed by atoms with Crippen molar-refractivity contribution < 1.29 is 9.13 Å². The van der Waals surface area contributed by atoms with E-state index in [1.54, 1.807) is 18.3 Å². The van der Waals surface area contributed by atoms with E-state index in [1.165, 1.54) is 24.3 Å². The second kappa shape index (κ2) is 7.63. The quantitative estimate of drug-likeness (QED) is 0.479. The number of hydrogen-bond acceptors (Lipinski definition) is 3. The van der Waals surface area contributed by atoms with Gasteiger partial charge in [-0.05, 0) is 35.9 Å². The maximum absolute atomic E-state index is 12.8. The Hall–Kier alpha value is -1.90. The molecule has 0 aliphatic heterocycles. The lowest BCUT2D eigenvalue weighted by molar-refractivity contribution is 0.460. The first-order chi connectivity index (χ1) is 9.13. The summed E-state index contributed by atoms with van der Waals surface area (Å²) in [6.07, 6.45) is 1.59. The fraction of sp³-hybridized carbons (Fsp3) is 0.0769. The van der Waals surface area contributed by atoms with Crippen molar-refractivity contribution in [2.45, 2.75) is 6.54 Å². The zero-order valence-electron chi connectivity index (χ0n) is 10.5. The summed E-state index contributed by atoms with van der Waals surface area (Å²) in [7, 11) is 0. The number of benzene rings is 1. The summed E-state index contributed by atoms with van der Waals surface area (Å²) in [5.41, 5.74) is 11.4. The third kappa shape index (κ3) is 5.00. The van der Waals surface area contributed by atoms with Crippen molar-refractivity contribution in [3.05, 3.63) is 54.0 Å². The van der Waals surface area contributed by atoms with Crippen LogP contribution in [0.15, 0.2) is 47.6 Å². The van der Waals surface area contributed by atoms with Gasteiger partial charge in [0.05, 0.1) is 6.54 Å². The SMILES string of the molecule is I.NC(N)=NCc1ccnc(Oc2ccc(F)cc2)c1. The smallest absolute Gasteiger partial charge is 0.219 e. The van der Waals surface area contributed by atoms with Crippen LogP contribution in [0.25, 0.3) is 0 Å². The molecule has 0 fully saturated rings. The van der Waals surface area contributed by atoms with Crippen LogP contribution in [0.4, 0.5) is 4.39 Å². The van der Waals surface area contributed by atoms with Gasteiger partial charge >= 0.3 is 0 Å². The molecule has 0 saturated heterocycles. The lowest BCUT2D eigenvalue weighted by Crippen LogP contribution is -2.22. The highest BCUT2D eigenvalue weighted by atomic mass is 127. The molecule has 0 radical (unpaired) electrons. The van der Waals surface area contributed by atoms with E-state index >= 15 is 0 Å². The number of guanidine groups is 1. The van der Waals surface area contributed by atoms with Gasteiger partial charge in [0.2, 0.25) is 5.88 Å². The summed E-state index contributed by atoms with van der Waals surface area (Å²) in [5, 5.41) is 0. The van der Waals surface area contributed by atoms with Gasteiger partial charge in [-0.15, -0.1) is 24.0 Å². The van der Waals surface area contributed by atoms with Crippen molar-refractivity contribution in [2.75, 3.05) is 0 Å². The molecule has 0 aliphatic rings. The first-order valence-corrected chi connectivity index (χ1v) is 5.57. The van der Waals surface area contributed by atoms with Crippen molar-refractivity contribution >= 4 is 29.9 Å². The van der Waals surface area contributed by atoms with Crippen molar-refractivity contribution in [1.29, 1.82) is 0 Å². The molecule has 1 aromatic heterocycles. The van der Waals surface area contributed by atoms with Crippen LogP contribution in [0, 0.1) is 5.82 Å². The van der Waals surface area contributed by atoms with E-state index in [2.05, 4.69) is 9.98 Å². The molecular weight excluding hydrogens is 374 g/mol. The molecular formula is C13H14FIN4O. The Balaban J connectivity index is 0.00000200. The standard InChI is InChI=1S/C13H13FN4O.HI/c14-10-1-3-11(4-2-10)19-12-7-9(5-6-17-12)8-18-13(15)16;/h1-7H,8H2,(H4,15,16,18);1H. The van der Waals surface area contributed by atoms with Gasteiger partial charge in [0.15, 0.2) is 5.96 Å². The Labute approximate surface area is 132 Å². The Bertz CT molecular complexity index is 585. The Morgan fingerprint density at radius 1 is 1.20 bits per heavy atom. The molecule has 7 heteroatoms. The van der Waals surface area contributed by atoms with E-state index in [9.17, 15) is 4.39 Å². The molecule has 2 aromatic rings. The molecule has 0 unspecified atom stereocenters. The second-order valence-corrected chi connectivity index (χ2v) is 3.80. The van der Waals surface area contributed by atoms with E-state index in [-0.39, 0.29) is 35.8 Å². The molecule has 2 rings (SSSR count). The van der Waals surface area contributed by atoms with Crippen LogP contribution in [-0.4, -0.2) is 10.9 Å². The first kappa shape index (κ1) is 16.2. The molecule has 4 N–H and O–H groups in total. The van der Waals surface area contributed by atoms with Crippen LogP contribution in [0.2, 0.25) is 0 Å². The van der Waals surface area contributed by atoms with Gasteiger partial charge in [-0.1, -0.05) is 0 Å². The third-order valence-corrected chi connectivity index (χ3v) is 2.28. The number of halogens is 2. The minimum absolute atomic E-state index is 0. The number of nitrogens with two attached hydrogens (primary N) is 2. The predicted molar refractivity (Wildman–Crippen MR) is 85.6 cm³/mol. The molecule has 106 valence electrons. The van der Waals surface area contributed by atoms with Gasteiger partial charge in [-0.2, -0.15) is 0 Å². The fourth-order valence-electron chi connectivity index (χ4n) is 1.41. The van der Waals surface area contributed by atoms with E-state index in [1.807, 2.05) is 0 Å². The van der Waals surface area contributed by atoms with Gasteiger partial charge in [-0.3, -0.25) is 0 Å². The summed E-state index contributed by atoms with van der Waals surface area (Å²) < 4.78 is 18.2. The highest BCUT2D eigenvalue weighted by Crippen LogP contribution is 2.20. The lowest BCUT2D eigenvalue weighted by atomic mass is 10.2. The number of hydrogen-bond donors (Lipinski definition) is 2. The fourth-order valence-corrected chi connectivity index (χ4v) is 1.41. The first-order valence-electron chi connectivity index (χ1n) is 5.57. The molecule has 0 saturated carbocycles. The van der Waals surface area contributed by atoms with Crippen molar-refractivity contribution in [3.63, 3.8) is 0 Å². The summed E-state index contributed by atoms with van der Waals surface area (Å²) in [6, 6.07) is 9.19. The van der Waals surface area contributed by atoms with E-state index < -0.39 is 0 Å². The Kier molecular flexibility index (Phi) is 6.16. The summed E-state index contributed by atoms with van der Waals surface area (Å²) >= 11 is 0. The van der Waals surface area contributed by atoms with Crippen molar-refractivity contribution in [3.8, 4) is 11.6 Å². The predicted octanol–water partition coefficient (Wildman–Crippen LogP) is 2.40. The average Bonchev–Trinajstić information content (AvgIpc) is 2.40. The van der Waals surface area contributed by atoms with Crippen LogP contribution in [0.5, 0.6) is 11.6 Å². The molecule has 0 spiro atoms. The highest BCUT2D eigenvalue weighted by molar-refractivity contribution is 14.0. The minimum Gasteiger partial charge on any atom is -0.439 e. The molecule has 0 atom stereocenters. The molecule has 0 amide bonds. The van der Waals surface area contributed by atoms with E-state index in [0.717, 1.165) is 5.56 Å². The topological polar surface area (TPSA) is 86.5 Å². The summed E-state index contributed by atoms with van der Waals surface area (Å²) in [5.74, 6) is 0.613. The maximum Gasteiger partial charge on any atom is 0.219 e. The number of aliphatic imine (C=N–C) groups is 1. The van der Waals surface area contributed by atoms with Gasteiger partial charge in [0, 0.05) is 12.3 Å². The van der Waals surface area contributed by atoms with Gasteiger partial charge in [0.25, 0.3) is 0 Å². The number of pyridine rings is 1. The van der Waals surface area contributed by atoms with Crippen LogP contribution in [-0.2, 0) is 6.54 Å². The van der Waals surface area contributed by atoms with Crippen LogP contribution >= 0.6 is 24.0 Å². The Morgan fingerprint density at radius 2 is 1.90 bits per heavy atom. The summed E-state index contributed by atoms with van der Waals surface area (Å²) in [6.45, 7) is 0.352. The monoisotopic (exact) mass is 388 g/mol. The van der Waals surface area contributed by atoms with Gasteiger partial charge < -0.3 is 16.2 Å². The Morgan fingerprint density at radius 3 is 2.55 bits per heavy atom. The number of ether oxygens (including phenoxy) is 1. The lowest BCUT2D eigenvalue weighted by Gasteiger charge is -2.05. The highest BCUT2D eigenvalue weighted by Gasteiger charge is 2.01. The molecule has 5 nitrogen and oxygen atoms in total. The van der Waals surface area contributed by atoms with E-state index in [4.69, 9.17) is 16.2 Å². The third-order valence-electron chi connectivity index (χ3n) is 2.28. The van der Waals surface area contributed by atoms with Crippen LogP contribution < -0.4 is 16.2 Å². The second-order valence-electron chi connectivity index (χ2n) is 3.80.